The fourth-order valence-corrected chi connectivity index (χ4v) is 1.20. The molecule has 5 nitrogen and oxygen atoms in total. The van der Waals surface area contributed by atoms with Crippen molar-refractivity contribution in [2.75, 3.05) is 25.6 Å². The Morgan fingerprint density at radius 1 is 1.10 bits per heavy atom. The molecule has 0 atom stereocenters. The predicted octanol–water partition coefficient (Wildman–Crippen LogP) is 2.12. The summed E-state index contributed by atoms with van der Waals surface area (Å²) in [7, 11) is 0. The third-order valence-electron chi connectivity index (χ3n) is 2.07. The maximum Gasteiger partial charge on any atom is 0.522 e. The lowest BCUT2D eigenvalue weighted by Gasteiger charge is -2.09. The zero-order valence-corrected chi connectivity index (χ0v) is 10.5. The van der Waals surface area contributed by atoms with E-state index in [1.165, 1.54) is 0 Å². The molecule has 0 saturated carbocycles. The van der Waals surface area contributed by atoms with E-state index in [1.807, 2.05) is 0 Å². The van der Waals surface area contributed by atoms with Gasteiger partial charge in [-0.2, -0.15) is 0 Å². The van der Waals surface area contributed by atoms with Crippen LogP contribution in [0.1, 0.15) is 6.42 Å². The molecule has 0 heterocycles. The number of nitrogen functional groups attached to an aromatic ring is 1. The van der Waals surface area contributed by atoms with Gasteiger partial charge in [-0.25, -0.2) is 0 Å². The second-order valence-corrected chi connectivity index (χ2v) is 3.68. The summed E-state index contributed by atoms with van der Waals surface area (Å²) in [6, 6.07) is 6.56. The summed E-state index contributed by atoms with van der Waals surface area (Å²) < 4.78 is 48.0. The van der Waals surface area contributed by atoms with Gasteiger partial charge in [-0.3, -0.25) is 9.53 Å². The topological polar surface area (TPSA) is 70.8 Å². The van der Waals surface area contributed by atoms with Gasteiger partial charge in [-0.15, -0.1) is 13.2 Å². The molecule has 0 bridgehead atoms. The minimum atomic E-state index is -4.72. The van der Waals surface area contributed by atoms with Crippen LogP contribution in [0.4, 0.5) is 18.9 Å². The van der Waals surface area contributed by atoms with E-state index in [-0.39, 0.29) is 13.0 Å². The molecule has 0 aliphatic heterocycles. The highest BCUT2D eigenvalue weighted by molar-refractivity contribution is 5.69. The first-order valence-corrected chi connectivity index (χ1v) is 5.71. The van der Waals surface area contributed by atoms with Crippen molar-refractivity contribution < 1.29 is 32.2 Å². The highest BCUT2D eigenvalue weighted by Crippen LogP contribution is 2.15. The van der Waals surface area contributed by atoms with Crippen LogP contribution in [-0.4, -0.2) is 32.2 Å². The minimum Gasteiger partial charge on any atom is -0.493 e. The lowest BCUT2D eigenvalue weighted by molar-refractivity contribution is -0.326. The molecule has 2 N–H and O–H groups in total. The number of benzene rings is 1. The maximum absolute atomic E-state index is 11.6. The fraction of sp³-hybridized carbons (Fsp3) is 0.417. The van der Waals surface area contributed by atoms with Gasteiger partial charge < -0.3 is 15.2 Å². The van der Waals surface area contributed by atoms with Crippen molar-refractivity contribution in [2.45, 2.75) is 12.8 Å². The lowest BCUT2D eigenvalue weighted by atomic mass is 10.3. The van der Waals surface area contributed by atoms with Gasteiger partial charge in [-0.05, 0) is 24.3 Å². The van der Waals surface area contributed by atoms with Crippen LogP contribution in [0.5, 0.6) is 5.75 Å². The molecule has 0 unspecified atom stereocenters. The monoisotopic (exact) mass is 293 g/mol. The standard InChI is InChI=1S/C12H14F3NO4/c13-12(14,15)20-8-7-19-11(17)5-6-18-10-3-1-9(16)2-4-10/h1-4H,5-8,16H2. The first-order chi connectivity index (χ1) is 9.37. The van der Waals surface area contributed by atoms with Gasteiger partial charge in [0, 0.05) is 5.69 Å². The smallest absolute Gasteiger partial charge is 0.493 e. The number of ether oxygens (including phenoxy) is 3. The molecule has 0 saturated heterocycles. The molecule has 0 radical (unpaired) electrons. The molecule has 0 aliphatic rings. The third-order valence-corrected chi connectivity index (χ3v) is 2.07. The summed E-state index contributed by atoms with van der Waals surface area (Å²) in [5.41, 5.74) is 6.07. The first kappa shape index (κ1) is 16.1. The molecular formula is C12H14F3NO4. The quantitative estimate of drug-likeness (QED) is 0.473. The van der Waals surface area contributed by atoms with Crippen molar-refractivity contribution in [3.8, 4) is 5.75 Å². The largest absolute Gasteiger partial charge is 0.522 e. The van der Waals surface area contributed by atoms with Crippen LogP contribution in [0.25, 0.3) is 0 Å². The van der Waals surface area contributed by atoms with Gasteiger partial charge in [-0.1, -0.05) is 0 Å². The molecular weight excluding hydrogens is 279 g/mol. The molecule has 20 heavy (non-hydrogen) atoms. The second-order valence-electron chi connectivity index (χ2n) is 3.68. The zero-order chi connectivity index (χ0) is 15.0. The number of carbonyl (C=O) groups is 1. The van der Waals surface area contributed by atoms with E-state index in [1.54, 1.807) is 24.3 Å². The number of esters is 1. The molecule has 1 rings (SSSR count). The van der Waals surface area contributed by atoms with E-state index in [0.29, 0.717) is 11.4 Å². The number of anilines is 1. The summed E-state index contributed by atoms with van der Waals surface area (Å²) in [5, 5.41) is 0. The SMILES string of the molecule is Nc1ccc(OCCC(=O)OCCOC(F)(F)F)cc1. The Morgan fingerprint density at radius 3 is 2.35 bits per heavy atom. The van der Waals surface area contributed by atoms with Crippen molar-refractivity contribution in [2.24, 2.45) is 0 Å². The summed E-state index contributed by atoms with van der Waals surface area (Å²) in [4.78, 5) is 11.2. The van der Waals surface area contributed by atoms with Gasteiger partial charge >= 0.3 is 12.3 Å². The maximum atomic E-state index is 11.6. The van der Waals surface area contributed by atoms with Crippen molar-refractivity contribution in [1.29, 1.82) is 0 Å². The van der Waals surface area contributed by atoms with E-state index in [0.717, 1.165) is 0 Å². The number of hydrogen-bond donors (Lipinski definition) is 1. The van der Waals surface area contributed by atoms with Crippen LogP contribution in [0, 0.1) is 0 Å². The van der Waals surface area contributed by atoms with Gasteiger partial charge in [0.15, 0.2) is 0 Å². The van der Waals surface area contributed by atoms with E-state index < -0.39 is 25.5 Å². The zero-order valence-electron chi connectivity index (χ0n) is 10.5. The molecule has 1 aromatic rings. The summed E-state index contributed by atoms with van der Waals surface area (Å²) >= 11 is 0. The minimum absolute atomic E-state index is 0.0584. The van der Waals surface area contributed by atoms with E-state index in [9.17, 15) is 18.0 Å². The van der Waals surface area contributed by atoms with Gasteiger partial charge in [0.2, 0.25) is 0 Å². The van der Waals surface area contributed by atoms with Gasteiger partial charge in [0.05, 0.1) is 19.6 Å². The highest BCUT2D eigenvalue weighted by Gasteiger charge is 2.28. The van der Waals surface area contributed by atoms with Crippen molar-refractivity contribution in [3.63, 3.8) is 0 Å². The number of rotatable bonds is 7. The average Bonchev–Trinajstić information content (AvgIpc) is 2.36. The van der Waals surface area contributed by atoms with Crippen LogP contribution in [0.3, 0.4) is 0 Å². The molecule has 1 aromatic carbocycles. The van der Waals surface area contributed by atoms with Crippen molar-refractivity contribution in [3.05, 3.63) is 24.3 Å². The van der Waals surface area contributed by atoms with Crippen molar-refractivity contribution >= 4 is 11.7 Å². The second kappa shape index (κ2) is 7.59. The third kappa shape index (κ3) is 7.47. The molecule has 0 aliphatic carbocycles. The molecule has 112 valence electrons. The Hall–Kier alpha value is -1.96. The first-order valence-electron chi connectivity index (χ1n) is 5.71. The van der Waals surface area contributed by atoms with Gasteiger partial charge in [0.1, 0.15) is 12.4 Å². The average molecular weight is 293 g/mol. The highest BCUT2D eigenvalue weighted by atomic mass is 19.4. The Balaban J connectivity index is 2.10. The normalized spacial score (nSPS) is 11.2. The lowest BCUT2D eigenvalue weighted by Crippen LogP contribution is -2.19. The molecule has 8 heteroatoms. The van der Waals surface area contributed by atoms with E-state index in [2.05, 4.69) is 9.47 Å². The molecule has 0 fully saturated rings. The molecule has 0 spiro atoms. The Labute approximate surface area is 113 Å². The summed E-state index contributed by atoms with van der Waals surface area (Å²) in [5.74, 6) is -0.126. The van der Waals surface area contributed by atoms with Crippen LogP contribution in [0.15, 0.2) is 24.3 Å². The molecule has 0 amide bonds. The fourth-order valence-electron chi connectivity index (χ4n) is 1.20. The predicted molar refractivity (Wildman–Crippen MR) is 63.9 cm³/mol. The van der Waals surface area contributed by atoms with E-state index >= 15 is 0 Å². The van der Waals surface area contributed by atoms with Crippen molar-refractivity contribution in [1.82, 2.24) is 0 Å². The number of nitrogens with two attached hydrogens (primary N) is 1. The van der Waals surface area contributed by atoms with Gasteiger partial charge in [0.25, 0.3) is 0 Å². The summed E-state index contributed by atoms with van der Waals surface area (Å²) in [6.07, 6.45) is -4.79. The number of hydrogen-bond acceptors (Lipinski definition) is 5. The van der Waals surface area contributed by atoms with Crippen LogP contribution in [0.2, 0.25) is 0 Å². The van der Waals surface area contributed by atoms with Crippen LogP contribution >= 0.6 is 0 Å². The Bertz CT molecular complexity index is 420. The van der Waals surface area contributed by atoms with Crippen LogP contribution < -0.4 is 10.5 Å². The Kier molecular flexibility index (Phi) is 6.10. The number of halogens is 3. The van der Waals surface area contributed by atoms with Crippen LogP contribution in [-0.2, 0) is 14.3 Å². The summed E-state index contributed by atoms with van der Waals surface area (Å²) in [6.45, 7) is -1.13. The number of carbonyl (C=O) groups excluding carboxylic acids is 1. The number of alkyl halides is 3. The molecule has 0 aromatic heterocycles. The Morgan fingerprint density at radius 2 is 1.75 bits per heavy atom. The van der Waals surface area contributed by atoms with E-state index in [4.69, 9.17) is 10.5 Å².